The van der Waals surface area contributed by atoms with Crippen LogP contribution in [0.2, 0.25) is 0 Å². The molecule has 0 aliphatic rings. The first kappa shape index (κ1) is 30.1. The fraction of sp³-hybridized carbons (Fsp3) is 0. The van der Waals surface area contributed by atoms with Crippen molar-refractivity contribution in [3.05, 3.63) is 194 Å². The van der Waals surface area contributed by atoms with E-state index < -0.39 is 0 Å². The molecule has 0 saturated heterocycles. The highest BCUT2D eigenvalue weighted by atomic mass is 16.3. The van der Waals surface area contributed by atoms with Gasteiger partial charge in [-0.2, -0.15) is 0 Å². The molecule has 0 radical (unpaired) electrons. The Bertz CT molecular complexity index is 3490. The van der Waals surface area contributed by atoms with Crippen molar-refractivity contribution in [2.75, 3.05) is 0 Å². The van der Waals surface area contributed by atoms with Crippen molar-refractivity contribution in [2.45, 2.75) is 0 Å². The van der Waals surface area contributed by atoms with Crippen molar-refractivity contribution in [1.29, 1.82) is 0 Å². The second-order valence-electron chi connectivity index (χ2n) is 14.5. The van der Waals surface area contributed by atoms with Gasteiger partial charge in [0.1, 0.15) is 11.2 Å². The Morgan fingerprint density at radius 1 is 0.291 bits per heavy atom. The molecule has 9 aromatic carbocycles. The summed E-state index contributed by atoms with van der Waals surface area (Å²) in [5, 5.41) is 9.70. The lowest BCUT2D eigenvalue weighted by molar-refractivity contribution is 0.669. The lowest BCUT2D eigenvalue weighted by Gasteiger charge is -2.13. The molecule has 0 bridgehead atoms. The monoisotopic (exact) mass is 700 g/mol. The maximum Gasteiger partial charge on any atom is 0.136 e. The fourth-order valence-corrected chi connectivity index (χ4v) is 8.96. The van der Waals surface area contributed by atoms with Crippen molar-refractivity contribution in [3.8, 4) is 33.6 Å². The Morgan fingerprint density at radius 3 is 1.69 bits per heavy atom. The lowest BCUT2D eigenvalue weighted by Crippen LogP contribution is -1.95. The van der Waals surface area contributed by atoms with E-state index in [1.165, 1.54) is 82.4 Å². The smallest absolute Gasteiger partial charge is 0.136 e. The van der Waals surface area contributed by atoms with Crippen LogP contribution in [-0.2, 0) is 0 Å². The Labute approximate surface area is 316 Å². The Morgan fingerprint density at radius 2 is 0.855 bits per heavy atom. The van der Waals surface area contributed by atoms with E-state index >= 15 is 0 Å². The number of benzene rings is 9. The third-order valence-corrected chi connectivity index (χ3v) is 11.5. The second kappa shape index (κ2) is 11.6. The number of para-hydroxylation sites is 4. The van der Waals surface area contributed by atoms with E-state index in [9.17, 15) is 0 Å². The van der Waals surface area contributed by atoms with Crippen LogP contribution in [0.1, 0.15) is 0 Å². The van der Waals surface area contributed by atoms with Crippen LogP contribution in [0.5, 0.6) is 0 Å². The van der Waals surface area contributed by atoms with Gasteiger partial charge in [0.25, 0.3) is 0 Å². The SMILES string of the molecule is c1ccc(-n2c3ccccc3c3cc(-c4ccc5c6ccccc6n(-c6cccc7cc(-c8ccc9c(c8)oc8ccccc89)ccc67)c5c4)ccc32)cc1. The quantitative estimate of drug-likeness (QED) is 0.179. The van der Waals surface area contributed by atoms with Gasteiger partial charge in [0, 0.05) is 43.4 Å². The molecule has 0 atom stereocenters. The number of fused-ring (bicyclic) bond motifs is 10. The number of furan rings is 1. The largest absolute Gasteiger partial charge is 0.456 e. The minimum absolute atomic E-state index is 0.912. The Hall–Kier alpha value is -7.36. The highest BCUT2D eigenvalue weighted by Crippen LogP contribution is 2.40. The molecule has 0 amide bonds. The normalized spacial score (nSPS) is 12.0. The molecule has 0 unspecified atom stereocenters. The summed E-state index contributed by atoms with van der Waals surface area (Å²) in [5.74, 6) is 0. The van der Waals surface area contributed by atoms with E-state index in [0.717, 1.165) is 27.5 Å². The summed E-state index contributed by atoms with van der Waals surface area (Å²) in [6.07, 6.45) is 0. The number of aromatic nitrogens is 2. The molecular weight excluding hydrogens is 669 g/mol. The third-order valence-electron chi connectivity index (χ3n) is 11.5. The third kappa shape index (κ3) is 4.50. The summed E-state index contributed by atoms with van der Waals surface area (Å²) >= 11 is 0. The molecule has 12 rings (SSSR count). The second-order valence-corrected chi connectivity index (χ2v) is 14.5. The van der Waals surface area contributed by atoms with Gasteiger partial charge in [-0.1, -0.05) is 121 Å². The van der Waals surface area contributed by atoms with E-state index in [-0.39, 0.29) is 0 Å². The van der Waals surface area contributed by atoms with Gasteiger partial charge in [0.2, 0.25) is 0 Å². The molecule has 3 heterocycles. The maximum atomic E-state index is 6.25. The van der Waals surface area contributed by atoms with Crippen LogP contribution in [0.25, 0.3) is 110 Å². The van der Waals surface area contributed by atoms with Crippen molar-refractivity contribution >= 4 is 76.3 Å². The molecule has 3 heteroatoms. The van der Waals surface area contributed by atoms with Crippen LogP contribution < -0.4 is 0 Å². The first-order valence-electron chi connectivity index (χ1n) is 18.8. The zero-order valence-electron chi connectivity index (χ0n) is 29.8. The van der Waals surface area contributed by atoms with Crippen LogP contribution in [0.3, 0.4) is 0 Å². The van der Waals surface area contributed by atoms with Gasteiger partial charge in [-0.25, -0.2) is 0 Å². The molecule has 3 nitrogen and oxygen atoms in total. The summed E-state index contributed by atoms with van der Waals surface area (Å²) in [4.78, 5) is 0. The van der Waals surface area contributed by atoms with Gasteiger partial charge in [0.15, 0.2) is 0 Å². The molecule has 0 fully saturated rings. The summed E-state index contributed by atoms with van der Waals surface area (Å²) in [6, 6.07) is 70.4. The summed E-state index contributed by atoms with van der Waals surface area (Å²) in [6.45, 7) is 0. The summed E-state index contributed by atoms with van der Waals surface area (Å²) in [7, 11) is 0. The molecule has 0 saturated carbocycles. The van der Waals surface area contributed by atoms with Crippen LogP contribution in [0.4, 0.5) is 0 Å². The number of rotatable bonds is 4. The van der Waals surface area contributed by atoms with Gasteiger partial charge in [-0.3, -0.25) is 0 Å². The van der Waals surface area contributed by atoms with Crippen molar-refractivity contribution in [1.82, 2.24) is 9.13 Å². The van der Waals surface area contributed by atoms with E-state index in [1.54, 1.807) is 0 Å². The zero-order valence-corrected chi connectivity index (χ0v) is 29.8. The average Bonchev–Trinajstić information content (AvgIpc) is 3.90. The van der Waals surface area contributed by atoms with E-state index in [0.29, 0.717) is 0 Å². The molecule has 3 aromatic heterocycles. The topological polar surface area (TPSA) is 23.0 Å². The molecule has 0 spiro atoms. The highest BCUT2D eigenvalue weighted by Gasteiger charge is 2.17. The summed E-state index contributed by atoms with van der Waals surface area (Å²) in [5.41, 5.74) is 13.7. The number of hydrogen-bond acceptors (Lipinski definition) is 1. The van der Waals surface area contributed by atoms with Crippen LogP contribution in [-0.4, -0.2) is 9.13 Å². The van der Waals surface area contributed by atoms with Crippen LogP contribution in [0.15, 0.2) is 199 Å². The first-order chi connectivity index (χ1) is 27.3. The Kier molecular flexibility index (Phi) is 6.34. The number of hydrogen-bond donors (Lipinski definition) is 0. The van der Waals surface area contributed by atoms with Crippen molar-refractivity contribution in [3.63, 3.8) is 0 Å². The first-order valence-corrected chi connectivity index (χ1v) is 18.8. The average molecular weight is 701 g/mol. The minimum Gasteiger partial charge on any atom is -0.456 e. The lowest BCUT2D eigenvalue weighted by atomic mass is 9.99. The summed E-state index contributed by atoms with van der Waals surface area (Å²) < 4.78 is 11.1. The van der Waals surface area contributed by atoms with Gasteiger partial charge in [-0.15, -0.1) is 0 Å². The zero-order chi connectivity index (χ0) is 36.0. The molecule has 256 valence electrons. The fourth-order valence-electron chi connectivity index (χ4n) is 8.96. The van der Waals surface area contributed by atoms with Gasteiger partial charge in [0.05, 0.1) is 27.8 Å². The molecule has 0 N–H and O–H groups in total. The molecule has 55 heavy (non-hydrogen) atoms. The minimum atomic E-state index is 0.912. The van der Waals surface area contributed by atoms with E-state index in [2.05, 4.69) is 191 Å². The van der Waals surface area contributed by atoms with Gasteiger partial charge >= 0.3 is 0 Å². The Balaban J connectivity index is 1.02. The predicted octanol–water partition coefficient (Wildman–Crippen LogP) is 14.3. The number of nitrogens with zero attached hydrogens (tertiary/aromatic N) is 2. The van der Waals surface area contributed by atoms with Crippen LogP contribution in [0, 0.1) is 0 Å². The van der Waals surface area contributed by atoms with Crippen molar-refractivity contribution < 1.29 is 4.42 Å². The maximum absolute atomic E-state index is 6.25. The molecule has 0 aliphatic heterocycles. The van der Waals surface area contributed by atoms with Crippen molar-refractivity contribution in [2.24, 2.45) is 0 Å². The van der Waals surface area contributed by atoms with Gasteiger partial charge in [-0.05, 0) is 100 Å². The molecular formula is C52H32N2O. The van der Waals surface area contributed by atoms with Gasteiger partial charge < -0.3 is 13.6 Å². The molecule has 0 aliphatic carbocycles. The van der Waals surface area contributed by atoms with E-state index in [1.807, 2.05) is 12.1 Å². The van der Waals surface area contributed by atoms with E-state index in [4.69, 9.17) is 4.42 Å². The molecule has 12 aromatic rings. The predicted molar refractivity (Wildman–Crippen MR) is 231 cm³/mol. The highest BCUT2D eigenvalue weighted by molar-refractivity contribution is 6.13. The standard InChI is InChI=1S/C52H32N2O/c1-2-12-38(13-3-1)53-47-17-7-5-15-41(47)45-30-34(24-28-49(45)53)35-22-26-42-40-14-4-8-18-48(40)54(50(42)31-35)46-19-10-11-37-29-33(21-25-39(37)46)36-23-27-44-43-16-6-9-20-51(43)55-52(44)32-36/h1-32H. The van der Waals surface area contributed by atoms with Crippen LogP contribution >= 0.6 is 0 Å².